The van der Waals surface area contributed by atoms with E-state index >= 15 is 0 Å². The molecule has 0 amide bonds. The molecular formula is C20H18IrNOSi-. The predicted octanol–water partition coefficient (Wildman–Crippen LogP) is 4.99. The summed E-state index contributed by atoms with van der Waals surface area (Å²) >= 11 is 0. The number of furan rings is 1. The fraction of sp³-hybridized carbons (Fsp3) is 0.150. The summed E-state index contributed by atoms with van der Waals surface area (Å²) in [7, 11) is -1.37. The van der Waals surface area contributed by atoms with Gasteiger partial charge in [0.05, 0.1) is 8.07 Å². The van der Waals surface area contributed by atoms with Gasteiger partial charge in [0.1, 0.15) is 11.2 Å². The topological polar surface area (TPSA) is 26.0 Å². The molecule has 0 unspecified atom stereocenters. The van der Waals surface area contributed by atoms with Crippen molar-refractivity contribution in [2.75, 3.05) is 0 Å². The van der Waals surface area contributed by atoms with E-state index in [0.29, 0.717) is 0 Å². The van der Waals surface area contributed by atoms with Crippen molar-refractivity contribution in [1.82, 2.24) is 4.98 Å². The van der Waals surface area contributed by atoms with Gasteiger partial charge < -0.3 is 9.40 Å². The number of pyridine rings is 1. The fourth-order valence-electron chi connectivity index (χ4n) is 2.94. The van der Waals surface area contributed by atoms with Crippen LogP contribution in [-0.2, 0) is 20.1 Å². The second-order valence-electron chi connectivity index (χ2n) is 6.87. The molecule has 4 heteroatoms. The molecule has 4 aromatic rings. The average Bonchev–Trinajstić information content (AvgIpc) is 2.93. The summed E-state index contributed by atoms with van der Waals surface area (Å²) in [5, 5.41) is 3.60. The Morgan fingerprint density at radius 3 is 2.58 bits per heavy atom. The Bertz CT molecular complexity index is 1020. The fourth-order valence-corrected chi connectivity index (χ4v) is 4.10. The Morgan fingerprint density at radius 2 is 1.79 bits per heavy atom. The van der Waals surface area contributed by atoms with Gasteiger partial charge in [0.2, 0.25) is 0 Å². The second kappa shape index (κ2) is 6.28. The molecule has 0 atom stereocenters. The number of hydrogen-bond donors (Lipinski definition) is 0. The zero-order valence-electron chi connectivity index (χ0n) is 13.9. The van der Waals surface area contributed by atoms with Crippen LogP contribution in [0.1, 0.15) is 0 Å². The third-order valence-corrected chi connectivity index (χ3v) is 6.25. The molecule has 1 radical (unpaired) electrons. The Kier molecular flexibility index (Phi) is 4.47. The van der Waals surface area contributed by atoms with E-state index in [4.69, 9.17) is 4.42 Å². The molecule has 2 aromatic heterocycles. The molecule has 0 spiro atoms. The normalized spacial score (nSPS) is 11.6. The van der Waals surface area contributed by atoms with Crippen molar-refractivity contribution in [3.8, 4) is 11.3 Å². The van der Waals surface area contributed by atoms with Crippen LogP contribution in [0, 0.1) is 6.07 Å². The van der Waals surface area contributed by atoms with Crippen molar-refractivity contribution in [1.29, 1.82) is 0 Å². The van der Waals surface area contributed by atoms with Crippen LogP contribution >= 0.6 is 0 Å². The standard InChI is InChI=1S/C20H18NOSi.Ir/c1-23(2,3)15-8-6-7-14(13-15)20-19-16-9-4-5-10-17(16)22-18(19)11-12-21-20;/h4-6,8-13H,1-3H3;/q-1;. The summed E-state index contributed by atoms with van der Waals surface area (Å²) in [5.74, 6) is 0. The number of rotatable bonds is 2. The third kappa shape index (κ3) is 2.86. The van der Waals surface area contributed by atoms with Gasteiger partial charge in [0.15, 0.2) is 0 Å². The number of aromatic nitrogens is 1. The molecule has 2 heterocycles. The number of nitrogens with zero attached hydrogens (tertiary/aromatic N) is 1. The maximum absolute atomic E-state index is 5.97. The van der Waals surface area contributed by atoms with Gasteiger partial charge in [0.25, 0.3) is 0 Å². The van der Waals surface area contributed by atoms with Crippen LogP contribution in [0.15, 0.2) is 59.1 Å². The van der Waals surface area contributed by atoms with Gasteiger partial charge >= 0.3 is 0 Å². The Hall–Kier alpha value is -1.74. The summed E-state index contributed by atoms with van der Waals surface area (Å²) in [6.07, 6.45) is 1.81. The van der Waals surface area contributed by atoms with Crippen molar-refractivity contribution < 1.29 is 24.5 Å². The molecule has 0 aliphatic rings. The van der Waals surface area contributed by atoms with E-state index in [1.807, 2.05) is 36.5 Å². The minimum absolute atomic E-state index is 0. The number of fused-ring (bicyclic) bond motifs is 3. The summed E-state index contributed by atoms with van der Waals surface area (Å²) in [6, 6.07) is 19.9. The molecule has 2 aromatic carbocycles. The van der Waals surface area contributed by atoms with E-state index in [1.54, 1.807) is 0 Å². The molecule has 4 rings (SSSR count). The van der Waals surface area contributed by atoms with Crippen molar-refractivity contribution in [2.45, 2.75) is 19.6 Å². The van der Waals surface area contributed by atoms with Crippen LogP contribution in [0.25, 0.3) is 33.2 Å². The second-order valence-corrected chi connectivity index (χ2v) is 11.9. The van der Waals surface area contributed by atoms with Gasteiger partial charge in [-0.25, -0.2) is 0 Å². The van der Waals surface area contributed by atoms with Crippen LogP contribution in [0.4, 0.5) is 0 Å². The first-order valence-electron chi connectivity index (χ1n) is 7.83. The molecule has 0 aliphatic carbocycles. The zero-order valence-corrected chi connectivity index (χ0v) is 17.3. The maximum Gasteiger partial charge on any atom is 0.134 e. The van der Waals surface area contributed by atoms with Gasteiger partial charge in [-0.2, -0.15) is 0 Å². The van der Waals surface area contributed by atoms with E-state index < -0.39 is 8.07 Å². The van der Waals surface area contributed by atoms with E-state index in [-0.39, 0.29) is 20.1 Å². The Morgan fingerprint density at radius 1 is 1.00 bits per heavy atom. The van der Waals surface area contributed by atoms with Crippen LogP contribution in [0.2, 0.25) is 19.6 Å². The van der Waals surface area contributed by atoms with Gasteiger partial charge in [-0.15, -0.1) is 35.0 Å². The number of benzene rings is 2. The van der Waals surface area contributed by atoms with Crippen LogP contribution in [0.5, 0.6) is 0 Å². The quantitative estimate of drug-likeness (QED) is 0.282. The first-order valence-corrected chi connectivity index (χ1v) is 11.3. The molecule has 0 saturated carbocycles. The van der Waals surface area contributed by atoms with Gasteiger partial charge in [0, 0.05) is 37.1 Å². The molecule has 0 saturated heterocycles. The SMILES string of the molecule is C[Si](C)(C)c1cc[c-]c(-c2nccc3oc4ccccc4c23)c1.[Ir]. The summed E-state index contributed by atoms with van der Waals surface area (Å²) in [4.78, 5) is 4.65. The van der Waals surface area contributed by atoms with E-state index in [2.05, 4.69) is 48.9 Å². The van der Waals surface area contributed by atoms with Gasteiger partial charge in [-0.1, -0.05) is 37.8 Å². The molecule has 0 fully saturated rings. The summed E-state index contributed by atoms with van der Waals surface area (Å²) < 4.78 is 5.97. The monoisotopic (exact) mass is 509 g/mol. The van der Waals surface area contributed by atoms with Gasteiger partial charge in [-0.3, -0.25) is 0 Å². The molecule has 0 bridgehead atoms. The molecule has 0 aliphatic heterocycles. The number of hydrogen-bond acceptors (Lipinski definition) is 2. The summed E-state index contributed by atoms with van der Waals surface area (Å²) in [5.41, 5.74) is 3.77. The van der Waals surface area contributed by atoms with E-state index in [0.717, 1.165) is 33.2 Å². The molecule has 2 nitrogen and oxygen atoms in total. The third-order valence-electron chi connectivity index (χ3n) is 4.21. The van der Waals surface area contributed by atoms with E-state index in [9.17, 15) is 0 Å². The van der Waals surface area contributed by atoms with Crippen LogP contribution in [-0.4, -0.2) is 13.1 Å². The largest absolute Gasteiger partial charge is 0.457 e. The van der Waals surface area contributed by atoms with Crippen LogP contribution in [0.3, 0.4) is 0 Å². The molecule has 123 valence electrons. The van der Waals surface area contributed by atoms with Crippen molar-refractivity contribution in [2.24, 2.45) is 0 Å². The van der Waals surface area contributed by atoms with Crippen molar-refractivity contribution >= 4 is 35.2 Å². The van der Waals surface area contributed by atoms with Crippen molar-refractivity contribution in [3.63, 3.8) is 0 Å². The summed E-state index contributed by atoms with van der Waals surface area (Å²) in [6.45, 7) is 7.06. The smallest absolute Gasteiger partial charge is 0.134 e. The minimum atomic E-state index is -1.37. The molecule has 24 heavy (non-hydrogen) atoms. The maximum atomic E-state index is 5.97. The molecular weight excluding hydrogens is 491 g/mol. The minimum Gasteiger partial charge on any atom is -0.457 e. The zero-order chi connectivity index (χ0) is 16.0. The number of para-hydroxylation sites is 1. The molecule has 0 N–H and O–H groups in total. The Balaban J connectivity index is 0.00000169. The predicted molar refractivity (Wildman–Crippen MR) is 98.8 cm³/mol. The van der Waals surface area contributed by atoms with Crippen molar-refractivity contribution in [3.05, 3.63) is 60.8 Å². The average molecular weight is 509 g/mol. The van der Waals surface area contributed by atoms with Gasteiger partial charge in [-0.05, 0) is 17.8 Å². The van der Waals surface area contributed by atoms with E-state index in [1.165, 1.54) is 5.19 Å². The Labute approximate surface area is 156 Å². The first-order chi connectivity index (χ1) is 11.0. The van der Waals surface area contributed by atoms with Crippen LogP contribution < -0.4 is 5.19 Å². The first kappa shape index (κ1) is 17.1.